The molecule has 0 unspecified atom stereocenters. The number of nitrogens with zero attached hydrogens (tertiary/aromatic N) is 8. The van der Waals surface area contributed by atoms with E-state index in [0.717, 1.165) is 0 Å². The summed E-state index contributed by atoms with van der Waals surface area (Å²) in [6, 6.07) is 19.4. The van der Waals surface area contributed by atoms with Crippen LogP contribution in [0.15, 0.2) is 106 Å². The molecule has 4 heterocycles. The Morgan fingerprint density at radius 2 is 1.16 bits per heavy atom. The minimum Gasteiger partial charge on any atom is -0.872 e. The van der Waals surface area contributed by atoms with E-state index in [9.17, 15) is 19.8 Å². The van der Waals surface area contributed by atoms with Gasteiger partial charge in [-0.15, -0.1) is 20.5 Å². The van der Waals surface area contributed by atoms with Crippen molar-refractivity contribution in [3.05, 3.63) is 108 Å². The number of fused-ring (bicyclic) bond motifs is 2. The van der Waals surface area contributed by atoms with E-state index >= 15 is 0 Å². The van der Waals surface area contributed by atoms with Crippen molar-refractivity contribution >= 4 is 56.8 Å². The number of pyridine rings is 4. The molecule has 0 aliphatic carbocycles. The molecule has 6 aromatic rings. The zero-order valence-corrected chi connectivity index (χ0v) is 28.1. The summed E-state index contributed by atoms with van der Waals surface area (Å²) in [5.41, 5.74) is 3.06. The molecule has 0 saturated carbocycles. The number of aryl methyl sites for hydroxylation is 2. The topological polar surface area (TPSA) is 200 Å². The number of methoxy groups -OCH3 is 1. The molecule has 0 radical (unpaired) electrons. The fourth-order valence-electron chi connectivity index (χ4n) is 4.55. The van der Waals surface area contributed by atoms with Crippen LogP contribution < -0.4 is 10.2 Å². The summed E-state index contributed by atoms with van der Waals surface area (Å²) in [5.74, 6) is -0.651. The van der Waals surface area contributed by atoms with Crippen molar-refractivity contribution in [1.29, 1.82) is 0 Å². The Kier molecular flexibility index (Phi) is 12.3. The third kappa shape index (κ3) is 8.44. The summed E-state index contributed by atoms with van der Waals surface area (Å²) < 4.78 is 9.71. The maximum Gasteiger partial charge on any atom is 0.339 e. The van der Waals surface area contributed by atoms with E-state index in [1.54, 1.807) is 81.7 Å². The van der Waals surface area contributed by atoms with Crippen LogP contribution in [0.3, 0.4) is 0 Å². The molecule has 15 heteroatoms. The summed E-state index contributed by atoms with van der Waals surface area (Å²) in [7, 11) is 1.28. The Hall–Kier alpha value is -6.21. The molecule has 258 valence electrons. The number of carbonyl (C=O) groups is 2. The van der Waals surface area contributed by atoms with Crippen LogP contribution in [0.1, 0.15) is 40.5 Å². The van der Waals surface area contributed by atoms with Crippen LogP contribution in [-0.4, -0.2) is 45.6 Å². The predicted octanol–water partition coefficient (Wildman–Crippen LogP) is 7.06. The molecule has 0 bridgehead atoms. The smallest absolute Gasteiger partial charge is 0.339 e. The van der Waals surface area contributed by atoms with E-state index in [2.05, 4.69) is 40.4 Å². The van der Waals surface area contributed by atoms with Gasteiger partial charge in [0.05, 0.1) is 47.3 Å². The first-order valence-electron chi connectivity index (χ1n) is 14.8. The van der Waals surface area contributed by atoms with Crippen LogP contribution in [0.5, 0.6) is 11.5 Å². The number of aromatic nitrogens is 4. The molecule has 6 rings (SSSR count). The number of esters is 2. The molecule has 0 amide bonds. The first-order valence-corrected chi connectivity index (χ1v) is 14.8. The molecule has 0 fully saturated rings. The van der Waals surface area contributed by atoms with Gasteiger partial charge >= 0.3 is 11.9 Å². The molecule has 0 N–H and O–H groups in total. The molecule has 14 nitrogen and oxygen atoms in total. The van der Waals surface area contributed by atoms with Gasteiger partial charge in [-0.05, 0) is 80.1 Å². The van der Waals surface area contributed by atoms with E-state index in [-0.39, 0.29) is 47.2 Å². The molecular weight excluding hydrogens is 687 g/mol. The number of benzene rings is 2. The first-order chi connectivity index (χ1) is 23.7. The number of hydrogen-bond donors (Lipinski definition) is 0. The minimum atomic E-state index is -0.540. The first kappa shape index (κ1) is 36.6. The van der Waals surface area contributed by atoms with Crippen LogP contribution in [0.2, 0.25) is 0 Å². The largest absolute Gasteiger partial charge is 0.872 e. The summed E-state index contributed by atoms with van der Waals surface area (Å²) in [4.78, 5) is 40.6. The van der Waals surface area contributed by atoms with Gasteiger partial charge in [0.15, 0.2) is 11.6 Å². The number of carbonyl (C=O) groups excluding carboxylic acids is 2. The van der Waals surface area contributed by atoms with Crippen LogP contribution >= 0.6 is 0 Å². The third-order valence-electron chi connectivity index (χ3n) is 6.95. The number of rotatable bonds is 7. The fraction of sp³-hybridized carbons (Fsp3) is 0.143. The van der Waals surface area contributed by atoms with Gasteiger partial charge in [-0.1, -0.05) is 35.8 Å². The second-order valence-corrected chi connectivity index (χ2v) is 10.2. The molecule has 2 aromatic carbocycles. The average Bonchev–Trinajstić information content (AvgIpc) is 3.11. The zero-order chi connectivity index (χ0) is 34.9. The van der Waals surface area contributed by atoms with Gasteiger partial charge < -0.3 is 19.7 Å². The van der Waals surface area contributed by atoms with Crippen molar-refractivity contribution in [1.82, 2.24) is 19.9 Å². The molecule has 0 spiro atoms. The van der Waals surface area contributed by atoms with E-state index in [1.165, 1.54) is 31.4 Å². The van der Waals surface area contributed by atoms with Gasteiger partial charge in [0.1, 0.15) is 11.4 Å². The van der Waals surface area contributed by atoms with E-state index in [1.807, 2.05) is 0 Å². The zero-order valence-electron chi connectivity index (χ0n) is 27.1. The number of ether oxygens (including phenoxy) is 2. The molecule has 50 heavy (non-hydrogen) atoms. The Labute approximate surface area is 297 Å². The van der Waals surface area contributed by atoms with Gasteiger partial charge in [-0.3, -0.25) is 0 Å². The number of hydrogen-bond acceptors (Lipinski definition) is 14. The Morgan fingerprint density at radius 1 is 0.700 bits per heavy atom. The molecule has 0 saturated heterocycles. The van der Waals surface area contributed by atoms with Crippen LogP contribution in [0.25, 0.3) is 21.8 Å². The van der Waals surface area contributed by atoms with Gasteiger partial charge in [0.2, 0.25) is 0 Å². The van der Waals surface area contributed by atoms with Gasteiger partial charge in [-0.2, -0.15) is 0 Å². The van der Waals surface area contributed by atoms with Gasteiger partial charge in [0, 0.05) is 30.3 Å². The van der Waals surface area contributed by atoms with Crippen molar-refractivity contribution in [2.75, 3.05) is 13.7 Å². The summed E-state index contributed by atoms with van der Waals surface area (Å²) >= 11 is 0. The molecular formula is C35H30N8NiO6-2. The maximum absolute atomic E-state index is 12.2. The quantitative estimate of drug-likeness (QED) is 0.0935. The summed E-state index contributed by atoms with van der Waals surface area (Å²) in [5, 5.41) is 41.2. The standard InChI is InChI=1S/C18H16N4O3.C17H14N4O3.Ni.H2/c1-3-25-18(24)12-10-13-15(23)8-7-14(17(13)20-11(12)2)21-22-16-6-4-5-9-19-16;1-10-11(17(23)24-2)9-12-14(22)7-6-13(16(12)19-10)20-21-15-5-3-4-8-18-15;;/h4-10,23H,3H2,1-2H3;3-9,22H,1-2H3;;1H/p-2. The van der Waals surface area contributed by atoms with Gasteiger partial charge in [-0.25, -0.2) is 29.5 Å². The van der Waals surface area contributed by atoms with Crippen molar-refractivity contribution in [3.8, 4) is 11.5 Å². The van der Waals surface area contributed by atoms with E-state index in [0.29, 0.717) is 56.2 Å². The van der Waals surface area contributed by atoms with Crippen molar-refractivity contribution < 1.29 is 47.2 Å². The predicted molar refractivity (Wildman–Crippen MR) is 178 cm³/mol. The SMILES string of the molecule is CCOC(=O)c1cc2c([O-])ccc(N=Nc3ccccn3)c2nc1C.COC(=O)c1cc2c([O-])ccc(N=Nc3ccccn3)c2nc1C.[HH].[Ni]. The fourth-order valence-corrected chi connectivity index (χ4v) is 4.55. The van der Waals surface area contributed by atoms with E-state index in [4.69, 9.17) is 9.47 Å². The van der Waals surface area contributed by atoms with Crippen LogP contribution in [0.4, 0.5) is 23.0 Å². The van der Waals surface area contributed by atoms with Gasteiger partial charge in [0.25, 0.3) is 0 Å². The monoisotopic (exact) mass is 716 g/mol. The average molecular weight is 717 g/mol. The second kappa shape index (κ2) is 16.8. The third-order valence-corrected chi connectivity index (χ3v) is 6.95. The summed E-state index contributed by atoms with van der Waals surface area (Å²) in [6.07, 6.45) is 3.22. The molecule has 0 aliphatic rings. The minimum absolute atomic E-state index is 0. The van der Waals surface area contributed by atoms with Crippen LogP contribution in [-0.2, 0) is 26.0 Å². The maximum atomic E-state index is 12.2. The normalized spacial score (nSPS) is 10.9. The Balaban J connectivity index is 0.000000265. The summed E-state index contributed by atoms with van der Waals surface area (Å²) in [6.45, 7) is 5.32. The van der Waals surface area contributed by atoms with E-state index < -0.39 is 11.9 Å². The van der Waals surface area contributed by atoms with Crippen molar-refractivity contribution in [3.63, 3.8) is 0 Å². The second-order valence-electron chi connectivity index (χ2n) is 10.2. The molecule has 4 aromatic heterocycles. The number of azo groups is 2. The van der Waals surface area contributed by atoms with Crippen molar-refractivity contribution in [2.24, 2.45) is 20.5 Å². The molecule has 0 aliphatic heterocycles. The van der Waals surface area contributed by atoms with Crippen LogP contribution in [0, 0.1) is 13.8 Å². The molecule has 0 atom stereocenters. The Morgan fingerprint density at radius 3 is 1.56 bits per heavy atom. The Bertz CT molecular complexity index is 2220. The van der Waals surface area contributed by atoms with Crippen molar-refractivity contribution in [2.45, 2.75) is 20.8 Å².